The second kappa shape index (κ2) is 1.73. The Morgan fingerprint density at radius 1 is 1.58 bits per heavy atom. The van der Waals surface area contributed by atoms with Gasteiger partial charge in [0.25, 0.3) is 0 Å². The van der Waals surface area contributed by atoms with Crippen LogP contribution >= 0.6 is 0 Å². The van der Waals surface area contributed by atoms with Crippen molar-refractivity contribution in [1.29, 1.82) is 0 Å². The molecule has 4 bridgehead atoms. The molecule has 0 amide bonds. The van der Waals surface area contributed by atoms with Crippen molar-refractivity contribution in [2.45, 2.75) is 6.42 Å². The molecular formula is C9H10O3. The highest BCUT2D eigenvalue weighted by Crippen LogP contribution is 2.71. The lowest BCUT2D eigenvalue weighted by atomic mass is 9.98. The van der Waals surface area contributed by atoms with Crippen molar-refractivity contribution in [3.05, 3.63) is 0 Å². The van der Waals surface area contributed by atoms with Crippen LogP contribution in [-0.4, -0.2) is 18.9 Å². The molecule has 0 N–H and O–H groups in total. The van der Waals surface area contributed by atoms with Crippen LogP contribution in [0.5, 0.6) is 0 Å². The first-order chi connectivity index (χ1) is 5.75. The predicted molar refractivity (Wildman–Crippen MR) is 39.1 cm³/mol. The van der Waals surface area contributed by atoms with E-state index in [0.29, 0.717) is 17.6 Å². The molecule has 3 heteroatoms. The maximum absolute atomic E-state index is 11.4. The van der Waals surface area contributed by atoms with Gasteiger partial charge in [-0.05, 0) is 18.3 Å². The van der Waals surface area contributed by atoms with Gasteiger partial charge >= 0.3 is 5.97 Å². The molecule has 5 atom stereocenters. The molecule has 4 fully saturated rings. The molecule has 3 nitrogen and oxygen atoms in total. The van der Waals surface area contributed by atoms with E-state index < -0.39 is 0 Å². The monoisotopic (exact) mass is 166 g/mol. The summed E-state index contributed by atoms with van der Waals surface area (Å²) in [5, 5.41) is 0. The largest absolute Gasteiger partial charge is 0.469 e. The molecule has 4 aliphatic rings. The number of Topliss-reactive ketones (excluding diaryl/α,β-unsaturated/α-hetero) is 1. The first-order valence-corrected chi connectivity index (χ1v) is 4.37. The van der Waals surface area contributed by atoms with E-state index in [-0.39, 0.29) is 23.7 Å². The molecule has 12 heavy (non-hydrogen) atoms. The molecule has 4 saturated carbocycles. The second-order valence-corrected chi connectivity index (χ2v) is 4.06. The fraction of sp³-hybridized carbons (Fsp3) is 0.778. The maximum atomic E-state index is 11.4. The smallest absolute Gasteiger partial charge is 0.309 e. The minimum atomic E-state index is -0.166. The van der Waals surface area contributed by atoms with Crippen molar-refractivity contribution < 1.29 is 14.3 Å². The summed E-state index contributed by atoms with van der Waals surface area (Å²) >= 11 is 0. The SMILES string of the molecule is COC(=O)[C@@H]1C2CC3C(C2=O)C31. The summed E-state index contributed by atoms with van der Waals surface area (Å²) in [4.78, 5) is 22.7. The Balaban J connectivity index is 1.93. The van der Waals surface area contributed by atoms with Crippen LogP contribution in [0.25, 0.3) is 0 Å². The lowest BCUT2D eigenvalue weighted by Gasteiger charge is -2.09. The fourth-order valence-corrected chi connectivity index (χ4v) is 3.30. The molecule has 0 aromatic heterocycles. The van der Waals surface area contributed by atoms with Crippen molar-refractivity contribution >= 4 is 11.8 Å². The van der Waals surface area contributed by atoms with Gasteiger partial charge in [-0.25, -0.2) is 0 Å². The average molecular weight is 166 g/mol. The number of hydrogen-bond acceptors (Lipinski definition) is 3. The molecule has 0 spiro atoms. The van der Waals surface area contributed by atoms with Crippen molar-refractivity contribution in [2.75, 3.05) is 7.11 Å². The summed E-state index contributed by atoms with van der Waals surface area (Å²) in [6, 6.07) is 0. The van der Waals surface area contributed by atoms with Gasteiger partial charge in [0.05, 0.1) is 13.0 Å². The molecule has 64 valence electrons. The van der Waals surface area contributed by atoms with Crippen LogP contribution in [-0.2, 0) is 14.3 Å². The maximum Gasteiger partial charge on any atom is 0.309 e. The lowest BCUT2D eigenvalue weighted by Crippen LogP contribution is -2.21. The predicted octanol–water partition coefficient (Wildman–Crippen LogP) is 0.240. The van der Waals surface area contributed by atoms with Gasteiger partial charge in [0.2, 0.25) is 0 Å². The van der Waals surface area contributed by atoms with Gasteiger partial charge in [0, 0.05) is 11.8 Å². The molecule has 0 saturated heterocycles. The van der Waals surface area contributed by atoms with E-state index >= 15 is 0 Å². The standard InChI is InChI=1S/C9H10O3/c1-12-9(11)7-4-2-3-5(7)6(3)8(4)10/h3-7H,2H2,1H3/t3?,4?,5?,6?,7-/m1/s1. The van der Waals surface area contributed by atoms with E-state index in [1.165, 1.54) is 7.11 Å². The van der Waals surface area contributed by atoms with Crippen LogP contribution < -0.4 is 0 Å². The lowest BCUT2D eigenvalue weighted by molar-refractivity contribution is -0.147. The summed E-state index contributed by atoms with van der Waals surface area (Å²) in [7, 11) is 1.40. The number of esters is 1. The Labute approximate surface area is 70.1 Å². The summed E-state index contributed by atoms with van der Waals surface area (Å²) in [5.74, 6) is 1.29. The molecule has 4 rings (SSSR count). The number of hydrogen-bond donors (Lipinski definition) is 0. The molecule has 4 unspecified atom stereocenters. The molecule has 0 radical (unpaired) electrons. The summed E-state index contributed by atoms with van der Waals surface area (Å²) < 4.78 is 4.69. The first kappa shape index (κ1) is 6.63. The van der Waals surface area contributed by atoms with Crippen molar-refractivity contribution in [2.24, 2.45) is 29.6 Å². The average Bonchev–Trinajstić information content (AvgIpc) is 2.42. The quantitative estimate of drug-likeness (QED) is 0.524. The third-order valence-corrected chi connectivity index (χ3v) is 3.77. The first-order valence-electron chi connectivity index (χ1n) is 4.37. The van der Waals surface area contributed by atoms with E-state index in [4.69, 9.17) is 0 Å². The van der Waals surface area contributed by atoms with Gasteiger partial charge in [-0.15, -0.1) is 0 Å². The number of rotatable bonds is 1. The minimum absolute atomic E-state index is 0.0254. The third-order valence-electron chi connectivity index (χ3n) is 3.77. The van der Waals surface area contributed by atoms with Gasteiger partial charge in [0.15, 0.2) is 0 Å². The van der Waals surface area contributed by atoms with Gasteiger partial charge in [-0.2, -0.15) is 0 Å². The summed E-state index contributed by atoms with van der Waals surface area (Å²) in [6.45, 7) is 0. The number of methoxy groups -OCH3 is 1. The Morgan fingerprint density at radius 2 is 2.33 bits per heavy atom. The van der Waals surface area contributed by atoms with Crippen LogP contribution in [0.2, 0.25) is 0 Å². The number of carbonyl (C=O) groups is 2. The Kier molecular flexibility index (Phi) is 0.955. The van der Waals surface area contributed by atoms with E-state index in [2.05, 4.69) is 4.74 Å². The van der Waals surface area contributed by atoms with Crippen molar-refractivity contribution in [3.8, 4) is 0 Å². The summed E-state index contributed by atoms with van der Waals surface area (Å²) in [5.41, 5.74) is 0. The van der Waals surface area contributed by atoms with Gasteiger partial charge in [0.1, 0.15) is 5.78 Å². The third kappa shape index (κ3) is 0.490. The second-order valence-electron chi connectivity index (χ2n) is 4.06. The highest BCUT2D eigenvalue weighted by Gasteiger charge is 2.75. The van der Waals surface area contributed by atoms with Crippen LogP contribution in [0.3, 0.4) is 0 Å². The Hall–Kier alpha value is -0.860. The highest BCUT2D eigenvalue weighted by molar-refractivity contribution is 5.98. The zero-order valence-corrected chi connectivity index (χ0v) is 6.82. The number of carbonyl (C=O) groups excluding carboxylic acids is 2. The Morgan fingerprint density at radius 3 is 2.67 bits per heavy atom. The van der Waals surface area contributed by atoms with Gasteiger partial charge < -0.3 is 4.74 Å². The normalized spacial score (nSPS) is 52.8. The molecule has 0 heterocycles. The zero-order chi connectivity index (χ0) is 8.46. The fourth-order valence-electron chi connectivity index (χ4n) is 3.30. The van der Waals surface area contributed by atoms with Gasteiger partial charge in [-0.1, -0.05) is 0 Å². The number of ketones is 1. The van der Waals surface area contributed by atoms with Crippen LogP contribution in [0.15, 0.2) is 0 Å². The molecule has 0 aromatic carbocycles. The minimum Gasteiger partial charge on any atom is -0.469 e. The molecule has 0 aromatic rings. The summed E-state index contributed by atoms with van der Waals surface area (Å²) in [6.07, 6.45) is 0.952. The van der Waals surface area contributed by atoms with Crippen LogP contribution in [0.4, 0.5) is 0 Å². The van der Waals surface area contributed by atoms with Crippen LogP contribution in [0, 0.1) is 29.6 Å². The Bertz CT molecular complexity index is 283. The van der Waals surface area contributed by atoms with Crippen molar-refractivity contribution in [3.63, 3.8) is 0 Å². The van der Waals surface area contributed by atoms with Crippen LogP contribution in [0.1, 0.15) is 6.42 Å². The van der Waals surface area contributed by atoms with E-state index in [0.717, 1.165) is 6.42 Å². The van der Waals surface area contributed by atoms with Gasteiger partial charge in [-0.3, -0.25) is 9.59 Å². The van der Waals surface area contributed by atoms with E-state index in [1.807, 2.05) is 0 Å². The molecular weight excluding hydrogens is 156 g/mol. The van der Waals surface area contributed by atoms with E-state index in [1.54, 1.807) is 0 Å². The zero-order valence-electron chi connectivity index (χ0n) is 6.82. The van der Waals surface area contributed by atoms with E-state index in [9.17, 15) is 9.59 Å². The highest BCUT2D eigenvalue weighted by atomic mass is 16.5. The molecule has 4 aliphatic carbocycles. The van der Waals surface area contributed by atoms with Crippen molar-refractivity contribution in [1.82, 2.24) is 0 Å². The number of ether oxygens (including phenoxy) is 1. The molecule has 0 aliphatic heterocycles. The topological polar surface area (TPSA) is 43.4 Å².